The summed E-state index contributed by atoms with van der Waals surface area (Å²) in [6.07, 6.45) is 1.58. The highest BCUT2D eigenvalue weighted by Crippen LogP contribution is 2.17. The SMILES string of the molecule is Cc1ccc(Br)c(C(=O)NCCCCN=[N+]=[N-])c1. The number of carbonyl (C=O) groups excluding carboxylic acids is 1. The van der Waals surface area contributed by atoms with E-state index in [9.17, 15) is 4.79 Å². The van der Waals surface area contributed by atoms with Gasteiger partial charge < -0.3 is 5.32 Å². The predicted molar refractivity (Wildman–Crippen MR) is 74.5 cm³/mol. The Morgan fingerprint density at radius 1 is 1.50 bits per heavy atom. The average molecular weight is 311 g/mol. The van der Waals surface area contributed by atoms with Gasteiger partial charge in [-0.2, -0.15) is 0 Å². The van der Waals surface area contributed by atoms with Crippen LogP contribution in [0.5, 0.6) is 0 Å². The Balaban J connectivity index is 2.41. The molecule has 0 saturated carbocycles. The van der Waals surface area contributed by atoms with Crippen LogP contribution in [0.4, 0.5) is 0 Å². The van der Waals surface area contributed by atoms with E-state index in [4.69, 9.17) is 5.53 Å². The van der Waals surface area contributed by atoms with E-state index in [1.54, 1.807) is 0 Å². The molecule has 0 saturated heterocycles. The molecule has 0 bridgehead atoms. The van der Waals surface area contributed by atoms with Crippen LogP contribution in [0, 0.1) is 6.92 Å². The Labute approximate surface area is 114 Å². The van der Waals surface area contributed by atoms with Gasteiger partial charge in [0, 0.05) is 22.5 Å². The van der Waals surface area contributed by atoms with Crippen molar-refractivity contribution in [3.05, 3.63) is 44.2 Å². The summed E-state index contributed by atoms with van der Waals surface area (Å²) in [5, 5.41) is 6.27. The minimum absolute atomic E-state index is 0.0886. The summed E-state index contributed by atoms with van der Waals surface area (Å²) in [5.41, 5.74) is 9.79. The number of halogens is 1. The Morgan fingerprint density at radius 3 is 3.00 bits per heavy atom. The summed E-state index contributed by atoms with van der Waals surface area (Å²) in [6, 6.07) is 5.66. The molecule has 1 rings (SSSR count). The molecule has 0 unspecified atom stereocenters. The van der Waals surface area contributed by atoms with Crippen molar-refractivity contribution in [2.45, 2.75) is 19.8 Å². The number of nitrogens with one attached hydrogen (secondary N) is 1. The third kappa shape index (κ3) is 4.77. The van der Waals surface area contributed by atoms with Crippen LogP contribution in [-0.2, 0) is 0 Å². The van der Waals surface area contributed by atoms with Gasteiger partial charge in [-0.15, -0.1) is 0 Å². The van der Waals surface area contributed by atoms with Gasteiger partial charge in [0.2, 0.25) is 0 Å². The van der Waals surface area contributed by atoms with Crippen molar-refractivity contribution in [3.63, 3.8) is 0 Å². The summed E-state index contributed by atoms with van der Waals surface area (Å²) < 4.78 is 0.791. The fraction of sp³-hybridized carbons (Fsp3) is 0.417. The molecule has 1 aromatic rings. The lowest BCUT2D eigenvalue weighted by Crippen LogP contribution is -2.25. The van der Waals surface area contributed by atoms with E-state index in [-0.39, 0.29) is 5.91 Å². The molecule has 0 radical (unpaired) electrons. The molecule has 6 heteroatoms. The summed E-state index contributed by atoms with van der Waals surface area (Å²) in [6.45, 7) is 3.00. The van der Waals surface area contributed by atoms with Crippen molar-refractivity contribution >= 4 is 21.8 Å². The lowest BCUT2D eigenvalue weighted by molar-refractivity contribution is 0.0952. The van der Waals surface area contributed by atoms with Crippen molar-refractivity contribution in [2.75, 3.05) is 13.1 Å². The van der Waals surface area contributed by atoms with Gasteiger partial charge in [-0.25, -0.2) is 0 Å². The van der Waals surface area contributed by atoms with E-state index in [1.165, 1.54) is 0 Å². The maximum Gasteiger partial charge on any atom is 0.252 e. The van der Waals surface area contributed by atoms with Crippen LogP contribution in [0.25, 0.3) is 10.4 Å². The second-order valence-corrected chi connectivity index (χ2v) is 4.76. The molecule has 0 aliphatic rings. The molecule has 0 fully saturated rings. The molecule has 0 aromatic heterocycles. The zero-order valence-corrected chi connectivity index (χ0v) is 11.8. The first-order valence-corrected chi connectivity index (χ1v) is 6.49. The van der Waals surface area contributed by atoms with Crippen LogP contribution < -0.4 is 5.32 Å². The first-order valence-electron chi connectivity index (χ1n) is 5.70. The quantitative estimate of drug-likeness (QED) is 0.370. The maximum atomic E-state index is 11.9. The minimum Gasteiger partial charge on any atom is -0.352 e. The van der Waals surface area contributed by atoms with Crippen LogP contribution in [0.2, 0.25) is 0 Å². The smallest absolute Gasteiger partial charge is 0.252 e. The van der Waals surface area contributed by atoms with Crippen molar-refractivity contribution in [1.82, 2.24) is 5.32 Å². The molecule has 0 atom stereocenters. The van der Waals surface area contributed by atoms with Crippen LogP contribution in [0.3, 0.4) is 0 Å². The number of aryl methyl sites for hydroxylation is 1. The molecule has 1 N–H and O–H groups in total. The van der Waals surface area contributed by atoms with E-state index in [2.05, 4.69) is 31.3 Å². The van der Waals surface area contributed by atoms with Crippen molar-refractivity contribution in [1.29, 1.82) is 0 Å². The van der Waals surface area contributed by atoms with Crippen LogP contribution in [-0.4, -0.2) is 19.0 Å². The van der Waals surface area contributed by atoms with Gasteiger partial charge in [0.1, 0.15) is 0 Å². The third-order valence-electron chi connectivity index (χ3n) is 2.40. The second kappa shape index (κ2) is 7.74. The van der Waals surface area contributed by atoms with Gasteiger partial charge in [0.15, 0.2) is 0 Å². The van der Waals surface area contributed by atoms with Crippen LogP contribution in [0.15, 0.2) is 27.8 Å². The molecule has 1 aromatic carbocycles. The predicted octanol–water partition coefficient (Wildman–Crippen LogP) is 3.58. The molecule has 96 valence electrons. The number of rotatable bonds is 6. The largest absolute Gasteiger partial charge is 0.352 e. The van der Waals surface area contributed by atoms with Gasteiger partial charge in [0.05, 0.1) is 5.56 Å². The van der Waals surface area contributed by atoms with Crippen molar-refractivity contribution in [2.24, 2.45) is 5.11 Å². The van der Waals surface area contributed by atoms with E-state index in [0.29, 0.717) is 18.7 Å². The van der Waals surface area contributed by atoms with Gasteiger partial charge >= 0.3 is 0 Å². The number of hydrogen-bond acceptors (Lipinski definition) is 2. The Hall–Kier alpha value is -1.52. The third-order valence-corrected chi connectivity index (χ3v) is 3.09. The Kier molecular flexibility index (Phi) is 6.25. The summed E-state index contributed by atoms with van der Waals surface area (Å²) in [7, 11) is 0. The summed E-state index contributed by atoms with van der Waals surface area (Å²) in [5.74, 6) is -0.0886. The molecule has 0 heterocycles. The van der Waals surface area contributed by atoms with Gasteiger partial charge in [-0.05, 0) is 53.4 Å². The molecule has 0 aliphatic heterocycles. The van der Waals surface area contributed by atoms with E-state index < -0.39 is 0 Å². The van der Waals surface area contributed by atoms with Gasteiger partial charge in [0.25, 0.3) is 5.91 Å². The number of amides is 1. The normalized spacial score (nSPS) is 9.67. The number of carbonyl (C=O) groups is 1. The molecule has 1 amide bonds. The standard InChI is InChI=1S/C12H15BrN4O/c1-9-4-5-11(13)10(8-9)12(18)15-6-2-3-7-16-17-14/h4-5,8H,2-3,6-7H2,1H3,(H,15,18). The fourth-order valence-corrected chi connectivity index (χ4v) is 1.89. The van der Waals surface area contributed by atoms with Crippen LogP contribution >= 0.6 is 15.9 Å². The monoisotopic (exact) mass is 310 g/mol. The minimum atomic E-state index is -0.0886. The second-order valence-electron chi connectivity index (χ2n) is 3.90. The van der Waals surface area contributed by atoms with Gasteiger partial charge in [-0.1, -0.05) is 16.7 Å². The Bertz CT molecular complexity index is 469. The molecular weight excluding hydrogens is 296 g/mol. The van der Waals surface area contributed by atoms with E-state index in [1.807, 2.05) is 25.1 Å². The highest BCUT2D eigenvalue weighted by molar-refractivity contribution is 9.10. The Morgan fingerprint density at radius 2 is 2.28 bits per heavy atom. The molecule has 0 aliphatic carbocycles. The van der Waals surface area contributed by atoms with Crippen molar-refractivity contribution < 1.29 is 4.79 Å². The lowest BCUT2D eigenvalue weighted by Gasteiger charge is -2.07. The van der Waals surface area contributed by atoms with E-state index >= 15 is 0 Å². The molecule has 5 nitrogen and oxygen atoms in total. The molecule has 0 spiro atoms. The molecule has 18 heavy (non-hydrogen) atoms. The average Bonchev–Trinajstić information content (AvgIpc) is 2.36. The lowest BCUT2D eigenvalue weighted by atomic mass is 10.1. The number of azide groups is 1. The first kappa shape index (κ1) is 14.5. The summed E-state index contributed by atoms with van der Waals surface area (Å²) >= 11 is 3.36. The highest BCUT2D eigenvalue weighted by atomic mass is 79.9. The molecular formula is C12H15BrN4O. The van der Waals surface area contributed by atoms with Crippen LogP contribution in [0.1, 0.15) is 28.8 Å². The highest BCUT2D eigenvalue weighted by Gasteiger charge is 2.08. The van der Waals surface area contributed by atoms with Crippen molar-refractivity contribution in [3.8, 4) is 0 Å². The number of unbranched alkanes of at least 4 members (excludes halogenated alkanes) is 1. The fourth-order valence-electron chi connectivity index (χ4n) is 1.46. The number of hydrogen-bond donors (Lipinski definition) is 1. The van der Waals surface area contributed by atoms with E-state index in [0.717, 1.165) is 22.9 Å². The summed E-state index contributed by atoms with van der Waals surface area (Å²) in [4.78, 5) is 14.6. The zero-order chi connectivity index (χ0) is 13.4. The number of nitrogens with zero attached hydrogens (tertiary/aromatic N) is 3. The topological polar surface area (TPSA) is 77.9 Å². The number of benzene rings is 1. The maximum absolute atomic E-state index is 11.9. The first-order chi connectivity index (χ1) is 8.65. The van der Waals surface area contributed by atoms with Gasteiger partial charge in [-0.3, -0.25) is 4.79 Å². The zero-order valence-electron chi connectivity index (χ0n) is 10.2.